The molecule has 0 radical (unpaired) electrons. The Hall–Kier alpha value is -3.16. The van der Waals surface area contributed by atoms with Gasteiger partial charge < -0.3 is 9.62 Å². The van der Waals surface area contributed by atoms with Crippen LogP contribution in [0.5, 0.6) is 0 Å². The van der Waals surface area contributed by atoms with Crippen molar-refractivity contribution < 1.29 is 9.18 Å². The average molecular weight is 462 g/mol. The number of carbonyl (C=O) groups is 1. The van der Waals surface area contributed by atoms with Crippen LogP contribution in [-0.2, 0) is 6.54 Å². The maximum absolute atomic E-state index is 13.3. The van der Waals surface area contributed by atoms with Gasteiger partial charge in [-0.3, -0.25) is 9.78 Å². The molecule has 2 aromatic carbocycles. The highest BCUT2D eigenvalue weighted by atomic mass is 32.2. The van der Waals surface area contributed by atoms with Crippen LogP contribution >= 0.6 is 23.3 Å². The molecule has 32 heavy (non-hydrogen) atoms. The molecule has 0 unspecified atom stereocenters. The Morgan fingerprint density at radius 1 is 1.03 bits per heavy atom. The van der Waals surface area contributed by atoms with Crippen molar-refractivity contribution in [3.05, 3.63) is 89.5 Å². The number of benzene rings is 2. The molecule has 5 rings (SSSR count). The van der Waals surface area contributed by atoms with Crippen molar-refractivity contribution in [1.29, 1.82) is 0 Å². The Morgan fingerprint density at radius 2 is 1.84 bits per heavy atom. The number of amides is 1. The van der Waals surface area contributed by atoms with Gasteiger partial charge in [0.2, 0.25) is 0 Å². The molecule has 0 fully saturated rings. The maximum Gasteiger partial charge on any atom is 0.254 e. The summed E-state index contributed by atoms with van der Waals surface area (Å²) < 4.78 is 16.6. The van der Waals surface area contributed by atoms with Crippen molar-refractivity contribution in [3.8, 4) is 20.9 Å². The van der Waals surface area contributed by atoms with Crippen molar-refractivity contribution in [3.63, 3.8) is 0 Å². The van der Waals surface area contributed by atoms with Crippen molar-refractivity contribution in [2.45, 2.75) is 18.4 Å². The van der Waals surface area contributed by atoms with Gasteiger partial charge in [0.25, 0.3) is 5.91 Å². The highest BCUT2D eigenvalue weighted by molar-refractivity contribution is 8.00. The van der Waals surface area contributed by atoms with Crippen LogP contribution in [0.2, 0.25) is 0 Å². The summed E-state index contributed by atoms with van der Waals surface area (Å²) in [5.74, 6) is -0.145. The summed E-state index contributed by atoms with van der Waals surface area (Å²) >= 11 is 3.14. The van der Waals surface area contributed by atoms with E-state index >= 15 is 0 Å². The zero-order chi connectivity index (χ0) is 22.2. The minimum absolute atomic E-state index is 0.0857. The quantitative estimate of drug-likeness (QED) is 0.339. The summed E-state index contributed by atoms with van der Waals surface area (Å²) in [6.07, 6.45) is 3.63. The van der Waals surface area contributed by atoms with Gasteiger partial charge in [-0.15, -0.1) is 11.3 Å². The van der Waals surface area contributed by atoms with Gasteiger partial charge in [-0.05, 0) is 84.1 Å². The van der Waals surface area contributed by atoms with Gasteiger partial charge in [0.15, 0.2) is 0 Å². The molecular weight excluding hydrogens is 441 g/mol. The first kappa shape index (κ1) is 20.7. The van der Waals surface area contributed by atoms with Crippen LogP contribution in [0.4, 0.5) is 10.1 Å². The smallest absolute Gasteiger partial charge is 0.254 e. The zero-order valence-corrected chi connectivity index (χ0v) is 19.2. The van der Waals surface area contributed by atoms with Crippen LogP contribution in [0.15, 0.2) is 71.9 Å². The molecule has 1 aliphatic rings. The number of halogens is 1. The predicted molar refractivity (Wildman–Crippen MR) is 129 cm³/mol. The third kappa shape index (κ3) is 4.01. The number of hydrogen-bond donors (Lipinski definition) is 1. The fourth-order valence-corrected chi connectivity index (χ4v) is 5.42. The van der Waals surface area contributed by atoms with Crippen LogP contribution in [0.1, 0.15) is 21.5 Å². The lowest BCUT2D eigenvalue weighted by Gasteiger charge is -2.08. The Morgan fingerprint density at radius 3 is 2.66 bits per heavy atom. The van der Waals surface area contributed by atoms with Crippen LogP contribution in [0.3, 0.4) is 0 Å². The molecule has 1 aliphatic heterocycles. The molecular formula is C25H20FN3OS2. The first-order valence-electron chi connectivity index (χ1n) is 10.1. The molecule has 1 amide bonds. The van der Waals surface area contributed by atoms with E-state index in [1.807, 2.05) is 32.3 Å². The number of aryl methyl sites for hydroxylation is 1. The summed E-state index contributed by atoms with van der Waals surface area (Å²) in [5.41, 5.74) is 5.78. The van der Waals surface area contributed by atoms with E-state index in [9.17, 15) is 9.18 Å². The number of fused-ring (bicyclic) bond motifs is 1. The Labute approximate surface area is 194 Å². The van der Waals surface area contributed by atoms with Crippen LogP contribution < -0.4 is 4.72 Å². The number of anilines is 1. The van der Waals surface area contributed by atoms with Gasteiger partial charge in [-0.25, -0.2) is 4.39 Å². The Bertz CT molecular complexity index is 1330. The summed E-state index contributed by atoms with van der Waals surface area (Å²) in [6, 6.07) is 17.1. The van der Waals surface area contributed by atoms with E-state index in [-0.39, 0.29) is 11.7 Å². The molecule has 3 heterocycles. The number of aromatic nitrogens is 1. The fourth-order valence-electron chi connectivity index (χ4n) is 3.74. The summed E-state index contributed by atoms with van der Waals surface area (Å²) in [7, 11) is 1.83. The molecule has 160 valence electrons. The summed E-state index contributed by atoms with van der Waals surface area (Å²) in [4.78, 5) is 21.5. The van der Waals surface area contributed by atoms with E-state index in [2.05, 4.69) is 34.0 Å². The van der Waals surface area contributed by atoms with Gasteiger partial charge in [0.05, 0.1) is 11.9 Å². The van der Waals surface area contributed by atoms with Gasteiger partial charge in [-0.1, -0.05) is 6.07 Å². The monoisotopic (exact) mass is 461 g/mol. The second-order valence-electron chi connectivity index (χ2n) is 7.77. The number of thiophene rings is 1. The Kier molecular flexibility index (Phi) is 5.45. The maximum atomic E-state index is 13.3. The van der Waals surface area contributed by atoms with Gasteiger partial charge in [0.1, 0.15) is 5.82 Å². The van der Waals surface area contributed by atoms with Gasteiger partial charge in [0, 0.05) is 45.6 Å². The SMILES string of the molecule is Cc1cc(F)ccc1SNc1cncc(-c2ccc(-c3ccc4c(c3)CN(C)C4=O)s2)c1. The molecule has 7 heteroatoms. The first-order chi connectivity index (χ1) is 15.5. The highest BCUT2D eigenvalue weighted by Gasteiger charge is 2.24. The van der Waals surface area contributed by atoms with E-state index in [1.54, 1.807) is 28.5 Å². The molecule has 1 N–H and O–H groups in total. The molecule has 4 nitrogen and oxygen atoms in total. The minimum Gasteiger partial charge on any atom is -0.337 e. The summed E-state index contributed by atoms with van der Waals surface area (Å²) in [5, 5.41) is 0. The number of carbonyl (C=O) groups excluding carboxylic acids is 1. The fraction of sp³-hybridized carbons (Fsp3) is 0.120. The van der Waals surface area contributed by atoms with E-state index in [0.717, 1.165) is 48.2 Å². The third-order valence-electron chi connectivity index (χ3n) is 5.42. The summed E-state index contributed by atoms with van der Waals surface area (Å²) in [6.45, 7) is 2.55. The lowest BCUT2D eigenvalue weighted by atomic mass is 10.1. The molecule has 0 saturated heterocycles. The normalized spacial score (nSPS) is 12.8. The molecule has 4 aromatic rings. The van der Waals surface area contributed by atoms with Crippen LogP contribution in [0, 0.1) is 12.7 Å². The van der Waals surface area contributed by atoms with Crippen molar-refractivity contribution in [2.75, 3.05) is 11.8 Å². The molecule has 0 aliphatic carbocycles. The lowest BCUT2D eigenvalue weighted by molar-refractivity contribution is 0.0816. The van der Waals surface area contributed by atoms with Crippen LogP contribution in [0.25, 0.3) is 20.9 Å². The zero-order valence-electron chi connectivity index (χ0n) is 17.6. The standard InChI is InChI=1S/C25H20FN3OS2/c1-15-9-19(26)4-6-22(15)32-28-20-11-17(12-27-13-20)24-8-7-23(31-24)16-3-5-21-18(10-16)14-29(2)25(21)30/h3-13,28H,14H2,1-2H3. The van der Waals surface area contributed by atoms with E-state index < -0.39 is 0 Å². The average Bonchev–Trinajstić information content (AvgIpc) is 3.38. The first-order valence-corrected chi connectivity index (χ1v) is 11.7. The van der Waals surface area contributed by atoms with Crippen molar-refractivity contribution in [1.82, 2.24) is 9.88 Å². The number of rotatable bonds is 5. The van der Waals surface area contributed by atoms with Gasteiger partial charge in [-0.2, -0.15) is 0 Å². The van der Waals surface area contributed by atoms with Crippen molar-refractivity contribution in [2.24, 2.45) is 0 Å². The number of hydrogen-bond acceptors (Lipinski definition) is 5. The van der Waals surface area contributed by atoms with Gasteiger partial charge >= 0.3 is 0 Å². The molecule has 0 spiro atoms. The largest absolute Gasteiger partial charge is 0.337 e. The van der Waals surface area contributed by atoms with E-state index in [4.69, 9.17) is 0 Å². The number of pyridine rings is 1. The molecule has 0 bridgehead atoms. The van der Waals surface area contributed by atoms with Crippen LogP contribution in [-0.4, -0.2) is 22.8 Å². The lowest BCUT2D eigenvalue weighted by Crippen LogP contribution is -2.17. The highest BCUT2D eigenvalue weighted by Crippen LogP contribution is 2.37. The molecule has 2 aromatic heterocycles. The second-order valence-corrected chi connectivity index (χ2v) is 9.71. The van der Waals surface area contributed by atoms with E-state index in [1.165, 1.54) is 24.1 Å². The van der Waals surface area contributed by atoms with Crippen molar-refractivity contribution >= 4 is 34.9 Å². The Balaban J connectivity index is 1.35. The predicted octanol–water partition coefficient (Wildman–Crippen LogP) is 6.63. The molecule has 0 atom stereocenters. The number of nitrogens with one attached hydrogen (secondary N) is 1. The van der Waals surface area contributed by atoms with E-state index in [0.29, 0.717) is 6.54 Å². The second kappa shape index (κ2) is 8.41. The minimum atomic E-state index is -0.231. The topological polar surface area (TPSA) is 45.2 Å². The third-order valence-corrected chi connectivity index (χ3v) is 7.62. The number of nitrogens with zero attached hydrogens (tertiary/aromatic N) is 2. The molecule has 0 saturated carbocycles.